The Balaban J connectivity index is 1.92. The molecule has 0 aliphatic heterocycles. The van der Waals surface area contributed by atoms with Gasteiger partial charge in [0.15, 0.2) is 0 Å². The summed E-state index contributed by atoms with van der Waals surface area (Å²) in [6, 6.07) is 0.150. The second kappa shape index (κ2) is 4.63. The first-order chi connectivity index (χ1) is 8.35. The predicted octanol–water partition coefficient (Wildman–Crippen LogP) is 1.80. The summed E-state index contributed by atoms with van der Waals surface area (Å²) in [5.74, 6) is 0. The smallest absolute Gasteiger partial charge is 0.407 e. The fourth-order valence-corrected chi connectivity index (χ4v) is 2.28. The Morgan fingerprint density at radius 1 is 1.56 bits per heavy atom. The van der Waals surface area contributed by atoms with Gasteiger partial charge in [0.1, 0.15) is 5.60 Å². The Hall–Kier alpha value is -1.52. The van der Waals surface area contributed by atoms with Gasteiger partial charge >= 0.3 is 6.09 Å². The molecule has 0 aromatic carbocycles. The molecule has 1 amide bonds. The number of alkyl carbamates (subject to hydrolysis) is 1. The number of carbonyl (C=O) groups is 1. The van der Waals surface area contributed by atoms with Crippen LogP contribution in [-0.2, 0) is 24.6 Å². The van der Waals surface area contributed by atoms with E-state index in [-0.39, 0.29) is 12.1 Å². The van der Waals surface area contributed by atoms with E-state index in [2.05, 4.69) is 10.4 Å². The van der Waals surface area contributed by atoms with E-state index in [4.69, 9.17) is 4.74 Å². The quantitative estimate of drug-likeness (QED) is 0.828. The molecule has 1 aliphatic carbocycles. The maximum Gasteiger partial charge on any atom is 0.407 e. The van der Waals surface area contributed by atoms with Gasteiger partial charge in [0, 0.05) is 18.8 Å². The van der Waals surface area contributed by atoms with Crippen LogP contribution in [0.4, 0.5) is 4.79 Å². The van der Waals surface area contributed by atoms with Crippen LogP contribution in [0.1, 0.15) is 38.4 Å². The standard InChI is InChI=1S/C13H21N3O2/c1-13(2,3)18-12(17)15-10-5-6-11-9(7-10)8-14-16(11)4/h8,10H,5-7H2,1-4H3,(H,15,17)/t10-/m1/s1. The molecule has 2 rings (SSSR count). The third-order valence-electron chi connectivity index (χ3n) is 3.06. The van der Waals surface area contributed by atoms with E-state index in [1.807, 2.05) is 38.7 Å². The molecule has 5 nitrogen and oxygen atoms in total. The van der Waals surface area contributed by atoms with Crippen LogP contribution in [0.3, 0.4) is 0 Å². The van der Waals surface area contributed by atoms with Crippen LogP contribution in [0.5, 0.6) is 0 Å². The zero-order valence-electron chi connectivity index (χ0n) is 11.5. The molecule has 0 saturated carbocycles. The van der Waals surface area contributed by atoms with Crippen LogP contribution in [-0.4, -0.2) is 27.5 Å². The van der Waals surface area contributed by atoms with Crippen LogP contribution in [0.2, 0.25) is 0 Å². The van der Waals surface area contributed by atoms with Crippen molar-refractivity contribution in [3.05, 3.63) is 17.5 Å². The molecule has 1 atom stereocenters. The molecule has 5 heteroatoms. The van der Waals surface area contributed by atoms with Gasteiger partial charge in [0.05, 0.1) is 6.20 Å². The molecule has 0 bridgehead atoms. The summed E-state index contributed by atoms with van der Waals surface area (Å²) < 4.78 is 7.18. The number of amides is 1. The van der Waals surface area contributed by atoms with Crippen molar-refractivity contribution >= 4 is 6.09 Å². The largest absolute Gasteiger partial charge is 0.444 e. The van der Waals surface area contributed by atoms with Crippen LogP contribution in [0.15, 0.2) is 6.20 Å². The average molecular weight is 251 g/mol. The first kappa shape index (κ1) is 12.9. The van der Waals surface area contributed by atoms with Crippen LogP contribution in [0.25, 0.3) is 0 Å². The van der Waals surface area contributed by atoms with Gasteiger partial charge in [-0.25, -0.2) is 4.79 Å². The number of nitrogens with zero attached hydrogens (tertiary/aromatic N) is 2. The van der Waals surface area contributed by atoms with E-state index in [1.165, 1.54) is 11.3 Å². The number of rotatable bonds is 1. The van der Waals surface area contributed by atoms with Gasteiger partial charge in [-0.2, -0.15) is 5.10 Å². The summed E-state index contributed by atoms with van der Waals surface area (Å²) in [6.45, 7) is 5.60. The molecule has 1 N–H and O–H groups in total. The van der Waals surface area contributed by atoms with E-state index in [9.17, 15) is 4.79 Å². The number of fused-ring (bicyclic) bond motifs is 1. The molecule has 18 heavy (non-hydrogen) atoms. The number of hydrogen-bond acceptors (Lipinski definition) is 3. The van der Waals surface area contributed by atoms with E-state index in [1.54, 1.807) is 0 Å². The lowest BCUT2D eigenvalue weighted by atomic mass is 9.93. The molecule has 0 fully saturated rings. The Labute approximate surface area is 108 Å². The van der Waals surface area contributed by atoms with Gasteiger partial charge in [-0.3, -0.25) is 4.68 Å². The summed E-state index contributed by atoms with van der Waals surface area (Å²) >= 11 is 0. The summed E-state index contributed by atoms with van der Waals surface area (Å²) in [7, 11) is 1.96. The predicted molar refractivity (Wildman–Crippen MR) is 68.4 cm³/mol. The number of nitrogens with one attached hydrogen (secondary N) is 1. The molecular formula is C13H21N3O2. The third kappa shape index (κ3) is 3.03. The lowest BCUT2D eigenvalue weighted by Crippen LogP contribution is -2.41. The number of ether oxygens (including phenoxy) is 1. The number of hydrogen-bond donors (Lipinski definition) is 1. The van der Waals surface area contributed by atoms with Gasteiger partial charge in [-0.15, -0.1) is 0 Å². The van der Waals surface area contributed by atoms with Crippen LogP contribution < -0.4 is 5.32 Å². The van der Waals surface area contributed by atoms with Gasteiger partial charge in [-0.1, -0.05) is 0 Å². The first-order valence-corrected chi connectivity index (χ1v) is 6.34. The molecule has 1 heterocycles. The van der Waals surface area contributed by atoms with Crippen molar-refractivity contribution in [3.8, 4) is 0 Å². The van der Waals surface area contributed by atoms with Gasteiger partial charge < -0.3 is 10.1 Å². The number of aryl methyl sites for hydroxylation is 1. The minimum absolute atomic E-state index is 0.150. The molecule has 0 radical (unpaired) electrons. The highest BCUT2D eigenvalue weighted by atomic mass is 16.6. The molecule has 0 spiro atoms. The van der Waals surface area contributed by atoms with E-state index in [0.717, 1.165) is 19.3 Å². The summed E-state index contributed by atoms with van der Waals surface area (Å²) in [4.78, 5) is 11.7. The summed E-state index contributed by atoms with van der Waals surface area (Å²) in [6.07, 6.45) is 4.28. The molecule has 1 aromatic heterocycles. The molecule has 0 saturated heterocycles. The Morgan fingerprint density at radius 2 is 2.28 bits per heavy atom. The minimum atomic E-state index is -0.446. The molecule has 1 aromatic rings. The van der Waals surface area contributed by atoms with Gasteiger partial charge in [-0.05, 0) is 45.6 Å². The maximum absolute atomic E-state index is 11.7. The van der Waals surface area contributed by atoms with Crippen molar-refractivity contribution in [3.63, 3.8) is 0 Å². The number of aromatic nitrogens is 2. The SMILES string of the molecule is Cn1ncc2c1CC[C@@H](NC(=O)OC(C)(C)C)C2. The van der Waals surface area contributed by atoms with Crippen molar-refractivity contribution in [2.75, 3.05) is 0 Å². The summed E-state index contributed by atoms with van der Waals surface area (Å²) in [5.41, 5.74) is 2.06. The highest BCUT2D eigenvalue weighted by Crippen LogP contribution is 2.20. The normalized spacial score (nSPS) is 19.2. The van der Waals surface area contributed by atoms with Crippen molar-refractivity contribution in [1.29, 1.82) is 0 Å². The van der Waals surface area contributed by atoms with Crippen LogP contribution >= 0.6 is 0 Å². The Bertz CT molecular complexity index is 446. The molecule has 100 valence electrons. The molecule has 0 unspecified atom stereocenters. The second-order valence-electron chi connectivity index (χ2n) is 5.83. The van der Waals surface area contributed by atoms with Crippen molar-refractivity contribution in [1.82, 2.24) is 15.1 Å². The monoisotopic (exact) mass is 251 g/mol. The Kier molecular flexibility index (Phi) is 3.32. The van der Waals surface area contributed by atoms with E-state index < -0.39 is 5.60 Å². The summed E-state index contributed by atoms with van der Waals surface area (Å²) in [5, 5.41) is 7.17. The van der Waals surface area contributed by atoms with Crippen molar-refractivity contribution < 1.29 is 9.53 Å². The van der Waals surface area contributed by atoms with Crippen molar-refractivity contribution in [2.45, 2.75) is 51.7 Å². The lowest BCUT2D eigenvalue weighted by molar-refractivity contribution is 0.0500. The third-order valence-corrected chi connectivity index (χ3v) is 3.06. The molecular weight excluding hydrogens is 230 g/mol. The first-order valence-electron chi connectivity index (χ1n) is 6.34. The van der Waals surface area contributed by atoms with E-state index in [0.29, 0.717) is 0 Å². The average Bonchev–Trinajstić information content (AvgIpc) is 2.57. The number of carbonyl (C=O) groups excluding carboxylic acids is 1. The minimum Gasteiger partial charge on any atom is -0.444 e. The second-order valence-corrected chi connectivity index (χ2v) is 5.83. The highest BCUT2D eigenvalue weighted by Gasteiger charge is 2.24. The highest BCUT2D eigenvalue weighted by molar-refractivity contribution is 5.68. The fraction of sp³-hybridized carbons (Fsp3) is 0.692. The maximum atomic E-state index is 11.7. The molecule has 1 aliphatic rings. The zero-order chi connectivity index (χ0) is 13.3. The van der Waals surface area contributed by atoms with Gasteiger partial charge in [0.2, 0.25) is 0 Å². The lowest BCUT2D eigenvalue weighted by Gasteiger charge is -2.26. The topological polar surface area (TPSA) is 56.2 Å². The van der Waals surface area contributed by atoms with Crippen molar-refractivity contribution in [2.24, 2.45) is 7.05 Å². The van der Waals surface area contributed by atoms with Crippen LogP contribution in [0, 0.1) is 0 Å². The Morgan fingerprint density at radius 3 is 2.94 bits per heavy atom. The van der Waals surface area contributed by atoms with Gasteiger partial charge in [0.25, 0.3) is 0 Å². The van der Waals surface area contributed by atoms with E-state index >= 15 is 0 Å². The fourth-order valence-electron chi connectivity index (χ4n) is 2.28. The zero-order valence-corrected chi connectivity index (χ0v) is 11.5.